The van der Waals surface area contributed by atoms with Crippen molar-refractivity contribution in [1.82, 2.24) is 9.97 Å². The van der Waals surface area contributed by atoms with Crippen molar-refractivity contribution in [3.05, 3.63) is 58.0 Å². The Morgan fingerprint density at radius 2 is 1.20 bits per heavy atom. The Morgan fingerprint density at radius 1 is 0.600 bits per heavy atom. The third-order valence-corrected chi connectivity index (χ3v) is 10.3. The fourth-order valence-corrected chi connectivity index (χ4v) is 8.06. The molecule has 8 bridgehead atoms. The Balaban J connectivity index is 0.00000300. The first-order chi connectivity index (χ1) is 21.4. The van der Waals surface area contributed by atoms with Gasteiger partial charge in [0.1, 0.15) is 0 Å². The predicted octanol–water partition coefficient (Wildman–Crippen LogP) is 3.00. The first kappa shape index (κ1) is 28.7. The SMILES string of the molecule is Nc1ccc2c3[n-]c(c2c1)/N=C1\[N-]C(/N=c2\[n-]/c(c4cc(N)ccc24)=N\C2[N-]/C(=N\3)C3CC(N)CCC23)C2CC(N)CCC12.[Zn+2]. The van der Waals surface area contributed by atoms with E-state index < -0.39 is 0 Å². The summed E-state index contributed by atoms with van der Waals surface area (Å²) in [6.07, 6.45) is 4.55. The number of hydrogen-bond donors (Lipinski definition) is 4. The van der Waals surface area contributed by atoms with E-state index in [9.17, 15) is 0 Å². The van der Waals surface area contributed by atoms with Crippen LogP contribution >= 0.6 is 0 Å². The number of nitrogen functional groups attached to an aromatic ring is 2. The molecule has 5 aliphatic rings. The third kappa shape index (κ3) is 4.66. The van der Waals surface area contributed by atoms with E-state index in [-0.39, 0.29) is 67.6 Å². The zero-order valence-electron chi connectivity index (χ0n) is 24.9. The number of anilines is 2. The van der Waals surface area contributed by atoms with Crippen molar-refractivity contribution >= 4 is 56.2 Å². The molecule has 2 aromatic heterocycles. The molecule has 0 amide bonds. The Kier molecular flexibility index (Phi) is 6.78. The monoisotopic (exact) mass is 650 g/mol. The summed E-state index contributed by atoms with van der Waals surface area (Å²) in [5.74, 6) is 3.12. The first-order valence-corrected chi connectivity index (χ1v) is 15.6. The standard InChI is InChI=1S/C32H34N12.Zn/c33-13-1-5-17-21(9-13)29-37-25(17)41-30-22-10-14(34)2-6-18(22)27(38-30)43-32-24-12-16(36)4-8-20(24)28(40-32)44-31-23-11-15(35)3-7-19(23)26(39-31)42-29;/h1,4-5,8-9,12,14-15,18-19,22-23,26,30H,2-3,6-7,10-11,33-36H2;/q-4;+2. The number of fused-ring (bicyclic) bond motifs is 20. The van der Waals surface area contributed by atoms with E-state index in [0.717, 1.165) is 71.7 Å². The maximum atomic E-state index is 6.48. The molecule has 13 heteroatoms. The van der Waals surface area contributed by atoms with Crippen LogP contribution in [0.5, 0.6) is 0 Å². The molecule has 2 saturated carbocycles. The molecule has 2 aliphatic carbocycles. The normalized spacial score (nSPS) is 35.6. The summed E-state index contributed by atoms with van der Waals surface area (Å²) in [4.78, 5) is 30.6. The first-order valence-electron chi connectivity index (χ1n) is 15.6. The van der Waals surface area contributed by atoms with Gasteiger partial charge in [-0.1, -0.05) is 23.8 Å². The van der Waals surface area contributed by atoms with Crippen molar-refractivity contribution < 1.29 is 19.5 Å². The molecule has 12 nitrogen and oxygen atoms in total. The zero-order chi connectivity index (χ0) is 29.7. The summed E-state index contributed by atoms with van der Waals surface area (Å²) in [6, 6.07) is 11.7. The zero-order valence-corrected chi connectivity index (χ0v) is 27.9. The average Bonchev–Trinajstić information content (AvgIpc) is 3.71. The van der Waals surface area contributed by atoms with Crippen molar-refractivity contribution in [3.8, 4) is 0 Å². The number of rotatable bonds is 0. The topological polar surface area (TPSA) is 210 Å². The molecule has 3 aliphatic heterocycles. The molecule has 9 rings (SSSR count). The van der Waals surface area contributed by atoms with Crippen molar-refractivity contribution in [2.24, 2.45) is 55.1 Å². The molecule has 4 aromatic rings. The smallest absolute Gasteiger partial charge is 0.459 e. The summed E-state index contributed by atoms with van der Waals surface area (Å²) in [5, 5.41) is 13.7. The summed E-state index contributed by atoms with van der Waals surface area (Å²) in [7, 11) is 0. The van der Waals surface area contributed by atoms with Gasteiger partial charge in [-0.3, -0.25) is 0 Å². The second kappa shape index (κ2) is 10.6. The van der Waals surface area contributed by atoms with Gasteiger partial charge in [-0.2, -0.15) is 0 Å². The van der Waals surface area contributed by atoms with Crippen LogP contribution in [0.15, 0.2) is 56.4 Å². The van der Waals surface area contributed by atoms with Crippen LogP contribution in [0.1, 0.15) is 38.5 Å². The second-order valence-corrected chi connectivity index (χ2v) is 13.1. The minimum absolute atomic E-state index is 0. The van der Waals surface area contributed by atoms with Crippen LogP contribution in [0.25, 0.3) is 32.2 Å². The second-order valence-electron chi connectivity index (χ2n) is 13.1. The van der Waals surface area contributed by atoms with Crippen molar-refractivity contribution in [2.75, 3.05) is 11.5 Å². The van der Waals surface area contributed by atoms with E-state index >= 15 is 0 Å². The van der Waals surface area contributed by atoms with Crippen LogP contribution in [-0.4, -0.2) is 36.1 Å². The van der Waals surface area contributed by atoms with Gasteiger partial charge in [-0.05, 0) is 132 Å². The number of amidine groups is 2. The van der Waals surface area contributed by atoms with Gasteiger partial charge in [0.2, 0.25) is 0 Å². The number of nitrogens with zero attached hydrogens (tertiary/aromatic N) is 8. The number of aromatic nitrogens is 2. The number of aliphatic imine (C=N–C) groups is 2. The summed E-state index contributed by atoms with van der Waals surface area (Å²) in [6.45, 7) is 0. The van der Waals surface area contributed by atoms with Gasteiger partial charge < -0.3 is 63.5 Å². The molecule has 45 heavy (non-hydrogen) atoms. The van der Waals surface area contributed by atoms with Gasteiger partial charge in [-0.15, -0.1) is 0 Å². The van der Waals surface area contributed by atoms with E-state index in [1.807, 2.05) is 36.4 Å². The molecule has 5 heterocycles. The Labute approximate surface area is 272 Å². The molecule has 8 atom stereocenters. The summed E-state index contributed by atoms with van der Waals surface area (Å²) in [5.41, 5.74) is 28.0. The van der Waals surface area contributed by atoms with E-state index in [2.05, 4.69) is 0 Å². The number of benzene rings is 2. The molecular weight excluding hydrogens is 618 g/mol. The Morgan fingerprint density at radius 3 is 1.98 bits per heavy atom. The molecule has 0 spiro atoms. The van der Waals surface area contributed by atoms with E-state index in [1.54, 1.807) is 0 Å². The molecule has 8 N–H and O–H groups in total. The molecular formula is C32H34N12Zn-2. The predicted molar refractivity (Wildman–Crippen MR) is 172 cm³/mol. The third-order valence-electron chi connectivity index (χ3n) is 10.3. The fraction of sp³-hybridized carbons (Fsp3) is 0.438. The van der Waals surface area contributed by atoms with Crippen molar-refractivity contribution in [2.45, 2.75) is 62.9 Å². The van der Waals surface area contributed by atoms with E-state index in [4.69, 9.17) is 63.5 Å². The Bertz CT molecular complexity index is 2010. The van der Waals surface area contributed by atoms with Crippen LogP contribution < -0.4 is 43.9 Å². The molecule has 2 aromatic carbocycles. The van der Waals surface area contributed by atoms with Crippen LogP contribution in [0.4, 0.5) is 23.0 Å². The molecule has 8 unspecified atom stereocenters. The van der Waals surface area contributed by atoms with E-state index in [0.29, 0.717) is 34.0 Å². The minimum Gasteiger partial charge on any atom is -0.459 e. The maximum absolute atomic E-state index is 6.48. The largest absolute Gasteiger partial charge is 2.00 e. The van der Waals surface area contributed by atoms with Crippen molar-refractivity contribution in [1.29, 1.82) is 0 Å². The molecule has 0 radical (unpaired) electrons. The van der Waals surface area contributed by atoms with Crippen LogP contribution in [0.3, 0.4) is 0 Å². The minimum atomic E-state index is -0.364. The van der Waals surface area contributed by atoms with Gasteiger partial charge >= 0.3 is 19.5 Å². The summed E-state index contributed by atoms with van der Waals surface area (Å²) < 4.78 is 0. The fourth-order valence-electron chi connectivity index (χ4n) is 8.06. The van der Waals surface area contributed by atoms with Gasteiger partial charge in [0.05, 0.1) is 0 Å². The summed E-state index contributed by atoms with van der Waals surface area (Å²) >= 11 is 0. The van der Waals surface area contributed by atoms with Crippen molar-refractivity contribution in [3.63, 3.8) is 0 Å². The molecule has 2 saturated heterocycles. The number of nitrogens with two attached hydrogens (primary N) is 4. The van der Waals surface area contributed by atoms with Crippen LogP contribution in [0, 0.1) is 23.7 Å². The van der Waals surface area contributed by atoms with Gasteiger partial charge in [0, 0.05) is 34.4 Å². The number of hydrogen-bond acceptors (Lipinski definition) is 8. The quantitative estimate of drug-likeness (QED) is 0.166. The van der Waals surface area contributed by atoms with Gasteiger partial charge in [-0.25, -0.2) is 0 Å². The maximum Gasteiger partial charge on any atom is 2.00 e. The van der Waals surface area contributed by atoms with Gasteiger partial charge in [0.25, 0.3) is 0 Å². The average molecular weight is 652 g/mol. The molecule has 226 valence electrons. The molecule has 4 fully saturated rings. The van der Waals surface area contributed by atoms with Crippen LogP contribution in [-0.2, 0) is 19.5 Å². The van der Waals surface area contributed by atoms with Crippen LogP contribution in [0.2, 0.25) is 0 Å². The van der Waals surface area contributed by atoms with Gasteiger partial charge in [0.15, 0.2) is 0 Å². The van der Waals surface area contributed by atoms with E-state index in [1.165, 1.54) is 0 Å². The Hall–Kier alpha value is -3.80.